The second kappa shape index (κ2) is 7.14. The first-order valence-electron chi connectivity index (χ1n) is 8.89. The van der Waals surface area contributed by atoms with Crippen LogP contribution >= 0.6 is 0 Å². The Bertz CT molecular complexity index is 926. The van der Waals surface area contributed by atoms with Crippen LogP contribution in [0.2, 0.25) is 0 Å². The summed E-state index contributed by atoms with van der Waals surface area (Å²) in [4.78, 5) is 13.6. The first-order valence-corrected chi connectivity index (χ1v) is 8.89. The third-order valence-corrected chi connectivity index (χ3v) is 4.81. The molecule has 1 fully saturated rings. The van der Waals surface area contributed by atoms with Crippen LogP contribution in [-0.4, -0.2) is 38.8 Å². The van der Waals surface area contributed by atoms with E-state index in [1.807, 2.05) is 23.0 Å². The van der Waals surface area contributed by atoms with E-state index in [0.29, 0.717) is 0 Å². The molecule has 0 spiro atoms. The van der Waals surface area contributed by atoms with Crippen LogP contribution in [0.15, 0.2) is 60.9 Å². The predicted molar refractivity (Wildman–Crippen MR) is 100 cm³/mol. The summed E-state index contributed by atoms with van der Waals surface area (Å²) in [5.41, 5.74) is 4.34. The van der Waals surface area contributed by atoms with Gasteiger partial charge in [0, 0.05) is 18.3 Å². The molecule has 1 aromatic heterocycles. The quantitative estimate of drug-likeness (QED) is 0.762. The molecule has 1 saturated heterocycles. The van der Waals surface area contributed by atoms with Gasteiger partial charge < -0.3 is 5.11 Å². The van der Waals surface area contributed by atoms with Crippen molar-refractivity contribution in [3.63, 3.8) is 0 Å². The van der Waals surface area contributed by atoms with Gasteiger partial charge in [-0.25, -0.2) is 9.48 Å². The van der Waals surface area contributed by atoms with E-state index in [9.17, 15) is 4.79 Å². The lowest BCUT2D eigenvalue weighted by Crippen LogP contribution is -2.18. The Balaban J connectivity index is 1.58. The van der Waals surface area contributed by atoms with Crippen molar-refractivity contribution in [3.8, 4) is 16.8 Å². The fraction of sp³-hybridized carbons (Fsp3) is 0.238. The van der Waals surface area contributed by atoms with Crippen LogP contribution in [0, 0.1) is 0 Å². The molecule has 1 aliphatic heterocycles. The van der Waals surface area contributed by atoms with Gasteiger partial charge in [0.05, 0.1) is 17.4 Å². The number of rotatable bonds is 5. The van der Waals surface area contributed by atoms with Crippen molar-refractivity contribution in [1.82, 2.24) is 14.7 Å². The summed E-state index contributed by atoms with van der Waals surface area (Å²) >= 11 is 0. The summed E-state index contributed by atoms with van der Waals surface area (Å²) in [6.07, 6.45) is 6.29. The number of carbonyl (C=O) groups is 1. The van der Waals surface area contributed by atoms with E-state index in [0.717, 1.165) is 23.4 Å². The Morgan fingerprint density at radius 3 is 2.65 bits per heavy atom. The minimum atomic E-state index is -0.922. The smallest absolute Gasteiger partial charge is 0.335 e. The summed E-state index contributed by atoms with van der Waals surface area (Å²) in [6, 6.07) is 15.4. The molecule has 0 unspecified atom stereocenters. The minimum absolute atomic E-state index is 0.280. The summed E-state index contributed by atoms with van der Waals surface area (Å²) in [5, 5.41) is 13.6. The van der Waals surface area contributed by atoms with Gasteiger partial charge in [-0.05, 0) is 61.3 Å². The molecule has 2 heterocycles. The predicted octanol–water partition coefficient (Wildman–Crippen LogP) is 3.83. The van der Waals surface area contributed by atoms with E-state index in [1.165, 1.54) is 31.5 Å². The second-order valence-electron chi connectivity index (χ2n) is 6.71. The highest BCUT2D eigenvalue weighted by Gasteiger charge is 2.12. The van der Waals surface area contributed by atoms with Crippen LogP contribution in [0.3, 0.4) is 0 Å². The molecule has 2 aromatic carbocycles. The molecule has 4 rings (SSSR count). The number of benzene rings is 2. The van der Waals surface area contributed by atoms with Gasteiger partial charge in [-0.2, -0.15) is 5.10 Å². The molecule has 0 bridgehead atoms. The molecular formula is C21H21N3O2. The zero-order valence-corrected chi connectivity index (χ0v) is 14.5. The number of aromatic carboxylic acids is 1. The van der Waals surface area contributed by atoms with Gasteiger partial charge >= 0.3 is 5.97 Å². The molecule has 0 radical (unpaired) electrons. The maximum atomic E-state index is 11.2. The van der Waals surface area contributed by atoms with Crippen molar-refractivity contribution < 1.29 is 9.90 Å². The van der Waals surface area contributed by atoms with Gasteiger partial charge in [-0.1, -0.05) is 24.3 Å². The highest BCUT2D eigenvalue weighted by Crippen LogP contribution is 2.22. The summed E-state index contributed by atoms with van der Waals surface area (Å²) in [5.74, 6) is -0.922. The van der Waals surface area contributed by atoms with Gasteiger partial charge in [0.25, 0.3) is 0 Å². The molecule has 0 saturated carbocycles. The second-order valence-corrected chi connectivity index (χ2v) is 6.71. The van der Waals surface area contributed by atoms with Crippen LogP contribution in [-0.2, 0) is 6.54 Å². The van der Waals surface area contributed by atoms with Crippen molar-refractivity contribution in [2.45, 2.75) is 19.4 Å². The van der Waals surface area contributed by atoms with E-state index < -0.39 is 5.97 Å². The fourth-order valence-corrected chi connectivity index (χ4v) is 3.44. The van der Waals surface area contributed by atoms with Crippen LogP contribution in [0.1, 0.15) is 28.8 Å². The van der Waals surface area contributed by atoms with Crippen LogP contribution in [0.25, 0.3) is 16.8 Å². The molecular weight excluding hydrogens is 326 g/mol. The molecule has 1 N–H and O–H groups in total. The maximum Gasteiger partial charge on any atom is 0.335 e. The van der Waals surface area contributed by atoms with Gasteiger partial charge in [0.15, 0.2) is 0 Å². The zero-order chi connectivity index (χ0) is 17.9. The lowest BCUT2D eigenvalue weighted by molar-refractivity contribution is 0.0697. The molecule has 1 aliphatic rings. The van der Waals surface area contributed by atoms with Crippen molar-refractivity contribution in [1.29, 1.82) is 0 Å². The Labute approximate surface area is 152 Å². The van der Waals surface area contributed by atoms with E-state index in [1.54, 1.807) is 24.4 Å². The largest absolute Gasteiger partial charge is 0.478 e. The van der Waals surface area contributed by atoms with Gasteiger partial charge in [-0.3, -0.25) is 4.90 Å². The first kappa shape index (κ1) is 16.5. The first-order chi connectivity index (χ1) is 12.7. The summed E-state index contributed by atoms with van der Waals surface area (Å²) in [7, 11) is 0. The minimum Gasteiger partial charge on any atom is -0.478 e. The standard InChI is InChI=1S/C21H21N3O2/c25-21(26)18-7-4-6-17(12-18)19-13-22-24(15-19)20-8-3-5-16(11-20)14-23-9-1-2-10-23/h3-8,11-13,15H,1-2,9-10,14H2,(H,25,26). The molecule has 5 nitrogen and oxygen atoms in total. The number of hydrogen-bond acceptors (Lipinski definition) is 3. The number of likely N-dealkylation sites (tertiary alicyclic amines) is 1. The van der Waals surface area contributed by atoms with Crippen LogP contribution in [0.4, 0.5) is 0 Å². The SMILES string of the molecule is O=C(O)c1cccc(-c2cnn(-c3cccc(CN4CCCC4)c3)c2)c1. The lowest BCUT2D eigenvalue weighted by Gasteiger charge is -2.15. The van der Waals surface area contributed by atoms with Gasteiger partial charge in [0.2, 0.25) is 0 Å². The van der Waals surface area contributed by atoms with Crippen molar-refractivity contribution in [3.05, 3.63) is 72.1 Å². The van der Waals surface area contributed by atoms with E-state index in [4.69, 9.17) is 5.11 Å². The lowest BCUT2D eigenvalue weighted by atomic mass is 10.1. The van der Waals surface area contributed by atoms with Gasteiger partial charge in [0.1, 0.15) is 0 Å². The third kappa shape index (κ3) is 3.53. The average molecular weight is 347 g/mol. The van der Waals surface area contributed by atoms with E-state index in [2.05, 4.69) is 28.2 Å². The average Bonchev–Trinajstić information content (AvgIpc) is 3.34. The fourth-order valence-electron chi connectivity index (χ4n) is 3.44. The van der Waals surface area contributed by atoms with E-state index >= 15 is 0 Å². The molecule has 132 valence electrons. The summed E-state index contributed by atoms with van der Waals surface area (Å²) < 4.78 is 1.84. The monoisotopic (exact) mass is 347 g/mol. The molecule has 0 amide bonds. The zero-order valence-electron chi connectivity index (χ0n) is 14.5. The third-order valence-electron chi connectivity index (χ3n) is 4.81. The van der Waals surface area contributed by atoms with Crippen molar-refractivity contribution >= 4 is 5.97 Å². The van der Waals surface area contributed by atoms with Crippen molar-refractivity contribution in [2.24, 2.45) is 0 Å². The Hall–Kier alpha value is -2.92. The Morgan fingerprint density at radius 2 is 1.85 bits per heavy atom. The van der Waals surface area contributed by atoms with Crippen LogP contribution < -0.4 is 0 Å². The highest BCUT2D eigenvalue weighted by atomic mass is 16.4. The summed E-state index contributed by atoms with van der Waals surface area (Å²) in [6.45, 7) is 3.33. The molecule has 0 aliphatic carbocycles. The topological polar surface area (TPSA) is 58.4 Å². The number of nitrogens with zero attached hydrogens (tertiary/aromatic N) is 3. The van der Waals surface area contributed by atoms with Crippen LogP contribution in [0.5, 0.6) is 0 Å². The molecule has 0 atom stereocenters. The van der Waals surface area contributed by atoms with Gasteiger partial charge in [-0.15, -0.1) is 0 Å². The van der Waals surface area contributed by atoms with E-state index in [-0.39, 0.29) is 5.56 Å². The Kier molecular flexibility index (Phi) is 4.54. The molecule has 3 aromatic rings. The Morgan fingerprint density at radius 1 is 1.04 bits per heavy atom. The number of carboxylic acid groups (broad SMARTS) is 1. The normalized spacial score (nSPS) is 14.6. The maximum absolute atomic E-state index is 11.2. The van der Waals surface area contributed by atoms with Crippen molar-refractivity contribution in [2.75, 3.05) is 13.1 Å². The number of hydrogen-bond donors (Lipinski definition) is 1. The number of aromatic nitrogens is 2. The highest BCUT2D eigenvalue weighted by molar-refractivity contribution is 5.89. The molecule has 5 heteroatoms. The molecule has 26 heavy (non-hydrogen) atoms. The number of carboxylic acids is 1.